The Kier molecular flexibility index (Phi) is 5.01. The molecule has 3 N–H and O–H groups in total. The van der Waals surface area contributed by atoms with Crippen LogP contribution in [0, 0.1) is 0 Å². The topological polar surface area (TPSA) is 72.2 Å². The molecule has 0 bridgehead atoms. The van der Waals surface area contributed by atoms with Gasteiger partial charge >= 0.3 is 0 Å². The van der Waals surface area contributed by atoms with Crippen LogP contribution >= 0.6 is 34.8 Å². The Hall–Kier alpha value is -0.980. The molecule has 2 rings (SSSR count). The smallest absolute Gasteiger partial charge is 0.262 e. The second-order valence-corrected chi connectivity index (χ2v) is 7.06. The number of halogens is 3. The standard InChI is InChI=1S/C13H11Cl3N2O2S/c14-9-5-10(15)13(11(16)6-9)18-21(19,20)12-4-2-1-3-8(12)7-17/h1-6,18H,7,17H2. The number of hydrogen-bond donors (Lipinski definition) is 2. The van der Waals surface area contributed by atoms with Crippen LogP contribution in [0.4, 0.5) is 5.69 Å². The average Bonchev–Trinajstić information content (AvgIpc) is 2.43. The number of sulfonamides is 1. The molecule has 0 aromatic heterocycles. The normalized spacial score (nSPS) is 11.4. The zero-order valence-electron chi connectivity index (χ0n) is 10.6. The van der Waals surface area contributed by atoms with Crippen LogP contribution in [0.2, 0.25) is 15.1 Å². The quantitative estimate of drug-likeness (QED) is 0.863. The van der Waals surface area contributed by atoms with E-state index in [0.29, 0.717) is 10.6 Å². The van der Waals surface area contributed by atoms with Gasteiger partial charge in [-0.15, -0.1) is 0 Å². The molecule has 0 heterocycles. The summed E-state index contributed by atoms with van der Waals surface area (Å²) in [7, 11) is -3.86. The van der Waals surface area contributed by atoms with Crippen molar-refractivity contribution in [2.75, 3.05) is 4.72 Å². The highest BCUT2D eigenvalue weighted by Crippen LogP contribution is 2.35. The summed E-state index contributed by atoms with van der Waals surface area (Å²) in [6.45, 7) is 0.0964. The molecule has 112 valence electrons. The maximum Gasteiger partial charge on any atom is 0.262 e. The summed E-state index contributed by atoms with van der Waals surface area (Å²) in [5.41, 5.74) is 6.13. The fourth-order valence-corrected chi connectivity index (χ4v) is 4.14. The number of nitrogens with two attached hydrogens (primary N) is 1. The first-order valence-corrected chi connectivity index (χ1v) is 8.42. The van der Waals surface area contributed by atoms with Gasteiger partial charge in [0, 0.05) is 11.6 Å². The van der Waals surface area contributed by atoms with E-state index in [1.807, 2.05) is 0 Å². The van der Waals surface area contributed by atoms with Crippen molar-refractivity contribution in [1.82, 2.24) is 0 Å². The highest BCUT2D eigenvalue weighted by Gasteiger charge is 2.20. The van der Waals surface area contributed by atoms with Gasteiger partial charge in [-0.05, 0) is 23.8 Å². The van der Waals surface area contributed by atoms with Crippen LogP contribution in [-0.2, 0) is 16.6 Å². The molecule has 0 radical (unpaired) electrons. The van der Waals surface area contributed by atoms with E-state index in [9.17, 15) is 8.42 Å². The number of rotatable bonds is 4. The van der Waals surface area contributed by atoms with Crippen molar-refractivity contribution in [3.8, 4) is 0 Å². The van der Waals surface area contributed by atoms with E-state index in [1.165, 1.54) is 18.2 Å². The van der Waals surface area contributed by atoms with Crippen molar-refractivity contribution in [2.24, 2.45) is 5.73 Å². The van der Waals surface area contributed by atoms with Crippen LogP contribution in [0.3, 0.4) is 0 Å². The van der Waals surface area contributed by atoms with Gasteiger partial charge in [-0.3, -0.25) is 4.72 Å². The van der Waals surface area contributed by atoms with Gasteiger partial charge in [-0.2, -0.15) is 0 Å². The van der Waals surface area contributed by atoms with Gasteiger partial charge in [0.25, 0.3) is 10.0 Å². The first kappa shape index (κ1) is 16.4. The second-order valence-electron chi connectivity index (χ2n) is 4.16. The van der Waals surface area contributed by atoms with Gasteiger partial charge in [0.2, 0.25) is 0 Å². The maximum atomic E-state index is 12.5. The van der Waals surface area contributed by atoms with Gasteiger partial charge in [-0.1, -0.05) is 53.0 Å². The number of anilines is 1. The molecule has 0 spiro atoms. The fourth-order valence-electron chi connectivity index (χ4n) is 1.76. The Morgan fingerprint density at radius 2 is 1.62 bits per heavy atom. The summed E-state index contributed by atoms with van der Waals surface area (Å²) in [6, 6.07) is 9.23. The van der Waals surface area contributed by atoms with E-state index in [1.54, 1.807) is 18.2 Å². The van der Waals surface area contributed by atoms with Gasteiger partial charge in [0.15, 0.2) is 0 Å². The highest BCUT2D eigenvalue weighted by atomic mass is 35.5. The lowest BCUT2D eigenvalue weighted by Crippen LogP contribution is -2.16. The third-order valence-corrected chi connectivity index (χ3v) is 4.99. The van der Waals surface area contributed by atoms with Crippen LogP contribution in [0.25, 0.3) is 0 Å². The second kappa shape index (κ2) is 6.42. The lowest BCUT2D eigenvalue weighted by molar-refractivity contribution is 0.600. The molecule has 0 aliphatic rings. The average molecular weight is 366 g/mol. The molecule has 0 fully saturated rings. The molecule has 8 heteroatoms. The third-order valence-electron chi connectivity index (χ3n) is 2.73. The Morgan fingerprint density at radius 1 is 1.05 bits per heavy atom. The predicted octanol–water partition coefficient (Wildman–Crippen LogP) is 3.91. The molecule has 2 aromatic rings. The summed E-state index contributed by atoms with van der Waals surface area (Å²) in [5, 5.41) is 0.540. The Bertz CT molecular complexity index is 756. The van der Waals surface area contributed by atoms with Crippen molar-refractivity contribution in [3.05, 3.63) is 57.0 Å². The maximum absolute atomic E-state index is 12.5. The molecule has 0 atom stereocenters. The van der Waals surface area contributed by atoms with Crippen molar-refractivity contribution >= 4 is 50.5 Å². The molecule has 0 unspecified atom stereocenters. The minimum Gasteiger partial charge on any atom is -0.326 e. The minimum absolute atomic E-state index is 0.0783. The molecule has 4 nitrogen and oxygen atoms in total. The van der Waals surface area contributed by atoms with Crippen molar-refractivity contribution in [1.29, 1.82) is 0 Å². The summed E-state index contributed by atoms with van der Waals surface area (Å²) >= 11 is 17.8. The van der Waals surface area contributed by atoms with E-state index >= 15 is 0 Å². The molecule has 0 aliphatic carbocycles. The van der Waals surface area contributed by atoms with E-state index in [-0.39, 0.29) is 27.2 Å². The Morgan fingerprint density at radius 3 is 2.19 bits per heavy atom. The molecule has 21 heavy (non-hydrogen) atoms. The summed E-state index contributed by atoms with van der Waals surface area (Å²) in [4.78, 5) is 0.0783. The van der Waals surface area contributed by atoms with Crippen LogP contribution in [0.5, 0.6) is 0 Å². The predicted molar refractivity (Wildman–Crippen MR) is 86.6 cm³/mol. The molecule has 0 amide bonds. The Balaban J connectivity index is 2.48. The SMILES string of the molecule is NCc1ccccc1S(=O)(=O)Nc1c(Cl)cc(Cl)cc1Cl. The summed E-state index contributed by atoms with van der Waals surface area (Å²) < 4.78 is 27.3. The van der Waals surface area contributed by atoms with E-state index in [0.717, 1.165) is 0 Å². The van der Waals surface area contributed by atoms with Crippen LogP contribution in [0.1, 0.15) is 5.56 Å². The van der Waals surface area contributed by atoms with Crippen LogP contribution in [0.15, 0.2) is 41.3 Å². The van der Waals surface area contributed by atoms with E-state index < -0.39 is 10.0 Å². The first-order valence-electron chi connectivity index (χ1n) is 5.80. The first-order chi connectivity index (χ1) is 9.85. The number of benzene rings is 2. The molecule has 0 saturated heterocycles. The van der Waals surface area contributed by atoms with Crippen molar-refractivity contribution < 1.29 is 8.42 Å². The minimum atomic E-state index is -3.86. The number of hydrogen-bond acceptors (Lipinski definition) is 3. The third kappa shape index (κ3) is 3.62. The zero-order valence-corrected chi connectivity index (χ0v) is 13.7. The van der Waals surface area contributed by atoms with Crippen molar-refractivity contribution in [2.45, 2.75) is 11.4 Å². The fraction of sp³-hybridized carbons (Fsp3) is 0.0769. The molecule has 2 aromatic carbocycles. The van der Waals surface area contributed by atoms with Crippen LogP contribution < -0.4 is 10.5 Å². The largest absolute Gasteiger partial charge is 0.326 e. The molecule has 0 saturated carbocycles. The molecular formula is C13H11Cl3N2O2S. The van der Waals surface area contributed by atoms with E-state index in [4.69, 9.17) is 40.5 Å². The summed E-state index contributed by atoms with van der Waals surface area (Å²) in [5.74, 6) is 0. The highest BCUT2D eigenvalue weighted by molar-refractivity contribution is 7.92. The van der Waals surface area contributed by atoms with Gasteiger partial charge < -0.3 is 5.73 Å². The monoisotopic (exact) mass is 364 g/mol. The van der Waals surface area contributed by atoms with Gasteiger partial charge in [-0.25, -0.2) is 8.42 Å². The molecular weight excluding hydrogens is 355 g/mol. The number of nitrogens with one attached hydrogen (secondary N) is 1. The zero-order chi connectivity index (χ0) is 15.6. The van der Waals surface area contributed by atoms with E-state index in [2.05, 4.69) is 4.72 Å². The van der Waals surface area contributed by atoms with Gasteiger partial charge in [0.05, 0.1) is 20.6 Å². The van der Waals surface area contributed by atoms with Crippen molar-refractivity contribution in [3.63, 3.8) is 0 Å². The lowest BCUT2D eigenvalue weighted by Gasteiger charge is -2.13. The Labute approximate surface area is 137 Å². The van der Waals surface area contributed by atoms with Gasteiger partial charge in [0.1, 0.15) is 0 Å². The summed E-state index contributed by atoms with van der Waals surface area (Å²) in [6.07, 6.45) is 0. The molecule has 0 aliphatic heterocycles. The van der Waals surface area contributed by atoms with Crippen LogP contribution in [-0.4, -0.2) is 8.42 Å². The lowest BCUT2D eigenvalue weighted by atomic mass is 10.2.